The molecule has 2 aliphatic rings. The van der Waals surface area contributed by atoms with E-state index >= 15 is 0 Å². The summed E-state index contributed by atoms with van der Waals surface area (Å²) < 4.78 is 24.4. The molecule has 58 heavy (non-hydrogen) atoms. The standard InChI is InChI=1S/C50H32B2N2O3S/c1-2-53-37-13-5-3-11-33(37)34-24-21-31(29-40(34)53)52-47-35-12-4-8-16-41(35)56-49(47)51(48-46-36-27-28-58-45(36)26-25-44(46)57-50(48)52)30-19-22-32(23-20-30)54-38-14-6-9-17-42(38)55-43-18-10-7-15-39(43)54/h3-29H,2H2,1H3. The summed E-state index contributed by atoms with van der Waals surface area (Å²) in [5.41, 5.74) is 14.0. The fourth-order valence-electron chi connectivity index (χ4n) is 10.1. The molecule has 5 nitrogen and oxygen atoms in total. The van der Waals surface area contributed by atoms with Crippen LogP contribution in [0.5, 0.6) is 11.5 Å². The molecule has 8 heteroatoms. The number of benzene rings is 7. The number of para-hydroxylation sites is 6. The average Bonchev–Trinajstić information content (AvgIpc) is 4.06. The summed E-state index contributed by atoms with van der Waals surface area (Å²) in [5.74, 6) is 1.67. The lowest BCUT2D eigenvalue weighted by Crippen LogP contribution is -2.73. The van der Waals surface area contributed by atoms with Gasteiger partial charge in [0.15, 0.2) is 11.5 Å². The van der Waals surface area contributed by atoms with E-state index in [2.05, 4.69) is 155 Å². The number of aryl methyl sites for hydroxylation is 1. The van der Waals surface area contributed by atoms with E-state index < -0.39 is 0 Å². The van der Waals surface area contributed by atoms with Crippen molar-refractivity contribution >= 4 is 129 Å². The lowest BCUT2D eigenvalue weighted by atomic mass is 9.24. The third kappa shape index (κ3) is 4.38. The Balaban J connectivity index is 1.06. The third-order valence-corrected chi connectivity index (χ3v) is 13.4. The molecular weight excluding hydrogens is 730 g/mol. The van der Waals surface area contributed by atoms with E-state index in [4.69, 9.17) is 13.6 Å². The van der Waals surface area contributed by atoms with Crippen LogP contribution in [0.1, 0.15) is 6.92 Å². The van der Waals surface area contributed by atoms with E-state index in [1.807, 2.05) is 24.3 Å². The number of nitrogens with zero attached hydrogens (tertiary/aromatic N) is 2. The predicted octanol–water partition coefficient (Wildman–Crippen LogP) is 9.44. The van der Waals surface area contributed by atoms with Crippen molar-refractivity contribution in [3.05, 3.63) is 163 Å². The Morgan fingerprint density at radius 3 is 2.00 bits per heavy atom. The van der Waals surface area contributed by atoms with Crippen molar-refractivity contribution in [2.24, 2.45) is 0 Å². The van der Waals surface area contributed by atoms with Crippen molar-refractivity contribution < 1.29 is 13.6 Å². The average molecular weight is 763 g/mol. The van der Waals surface area contributed by atoms with E-state index in [1.54, 1.807) is 11.3 Å². The summed E-state index contributed by atoms with van der Waals surface area (Å²) in [4.78, 5) is 2.29. The first-order valence-corrected chi connectivity index (χ1v) is 20.8. The fraction of sp³-hybridized carbons (Fsp3) is 0.0400. The maximum Gasteiger partial charge on any atom is 0.290 e. The van der Waals surface area contributed by atoms with Crippen LogP contribution in [0, 0.1) is 0 Å². The van der Waals surface area contributed by atoms with Gasteiger partial charge < -0.3 is 23.0 Å². The highest BCUT2D eigenvalue weighted by molar-refractivity contribution is 7.17. The molecule has 0 saturated heterocycles. The molecule has 0 atom stereocenters. The Hall–Kier alpha value is -6.89. The fourth-order valence-corrected chi connectivity index (χ4v) is 10.9. The smallest absolute Gasteiger partial charge is 0.290 e. The van der Waals surface area contributed by atoms with Crippen LogP contribution in [0.3, 0.4) is 0 Å². The number of rotatable bonds is 4. The molecular formula is C50H32B2N2O3S. The second kappa shape index (κ2) is 12.1. The van der Waals surface area contributed by atoms with E-state index in [-0.39, 0.29) is 13.4 Å². The van der Waals surface area contributed by atoms with Crippen molar-refractivity contribution in [1.29, 1.82) is 0 Å². The minimum Gasteiger partial charge on any atom is -0.471 e. The molecule has 0 spiro atoms. The number of ether oxygens (including phenoxy) is 1. The van der Waals surface area contributed by atoms with Crippen LogP contribution in [0.15, 0.2) is 172 Å². The van der Waals surface area contributed by atoms with Crippen LogP contribution in [-0.2, 0) is 6.54 Å². The van der Waals surface area contributed by atoms with Crippen molar-refractivity contribution in [2.75, 3.05) is 4.90 Å². The number of anilines is 3. The lowest BCUT2D eigenvalue weighted by molar-refractivity contribution is 0.477. The normalized spacial score (nSPS) is 13.4. The summed E-state index contributed by atoms with van der Waals surface area (Å²) in [6.45, 7) is 2.73. The monoisotopic (exact) mass is 762 g/mol. The molecule has 0 fully saturated rings. The third-order valence-electron chi connectivity index (χ3n) is 12.5. The highest BCUT2D eigenvalue weighted by atomic mass is 32.1. The van der Waals surface area contributed by atoms with Crippen molar-refractivity contribution in [3.8, 4) is 11.5 Å². The second-order valence-electron chi connectivity index (χ2n) is 15.4. The van der Waals surface area contributed by atoms with Gasteiger partial charge in [-0.25, -0.2) is 0 Å². The zero-order valence-electron chi connectivity index (χ0n) is 31.5. The Morgan fingerprint density at radius 1 is 0.534 bits per heavy atom. The zero-order chi connectivity index (χ0) is 38.1. The molecule has 13 rings (SSSR count). The summed E-state index contributed by atoms with van der Waals surface area (Å²) in [6.07, 6.45) is 0. The molecule has 6 heterocycles. The molecule has 0 unspecified atom stereocenters. The number of hydrogen-bond donors (Lipinski definition) is 0. The predicted molar refractivity (Wildman–Crippen MR) is 243 cm³/mol. The largest absolute Gasteiger partial charge is 0.471 e. The molecule has 11 aromatic rings. The van der Waals surface area contributed by atoms with E-state index in [0.29, 0.717) is 0 Å². The highest BCUT2D eigenvalue weighted by Gasteiger charge is 2.47. The molecule has 2 aliphatic heterocycles. The summed E-state index contributed by atoms with van der Waals surface area (Å²) in [5, 5.41) is 8.24. The van der Waals surface area contributed by atoms with Crippen LogP contribution in [0.4, 0.5) is 17.1 Å². The summed E-state index contributed by atoms with van der Waals surface area (Å²) in [7, 11) is 0. The van der Waals surface area contributed by atoms with Gasteiger partial charge in [0.2, 0.25) is 0 Å². The van der Waals surface area contributed by atoms with Crippen molar-refractivity contribution in [2.45, 2.75) is 13.5 Å². The number of hydrogen-bond acceptors (Lipinski definition) is 5. The Labute approximate surface area is 338 Å². The topological polar surface area (TPSA) is 43.7 Å². The van der Waals surface area contributed by atoms with Crippen LogP contribution < -0.4 is 42.8 Å². The quantitative estimate of drug-likeness (QED) is 0.168. The van der Waals surface area contributed by atoms with Gasteiger partial charge in [0.05, 0.1) is 22.7 Å². The van der Waals surface area contributed by atoms with Gasteiger partial charge in [0, 0.05) is 54.9 Å². The molecule has 0 radical (unpaired) electrons. The Kier molecular flexibility index (Phi) is 6.70. The maximum absolute atomic E-state index is 7.22. The first-order valence-electron chi connectivity index (χ1n) is 19.9. The lowest BCUT2D eigenvalue weighted by Gasteiger charge is -2.33. The number of furan rings is 2. The zero-order valence-corrected chi connectivity index (χ0v) is 32.3. The van der Waals surface area contributed by atoms with Crippen LogP contribution >= 0.6 is 11.3 Å². The van der Waals surface area contributed by atoms with Gasteiger partial charge in [-0.1, -0.05) is 95.9 Å². The van der Waals surface area contributed by atoms with Crippen LogP contribution in [0.2, 0.25) is 0 Å². The number of fused-ring (bicyclic) bond motifs is 13. The van der Waals surface area contributed by atoms with Crippen molar-refractivity contribution in [1.82, 2.24) is 4.57 Å². The van der Waals surface area contributed by atoms with Gasteiger partial charge in [-0.3, -0.25) is 0 Å². The van der Waals surface area contributed by atoms with E-state index in [9.17, 15) is 0 Å². The second-order valence-corrected chi connectivity index (χ2v) is 16.3. The molecule has 0 amide bonds. The first-order chi connectivity index (χ1) is 28.7. The van der Waals surface area contributed by atoms with Crippen LogP contribution in [-0.4, -0.2) is 18.0 Å². The van der Waals surface area contributed by atoms with Crippen LogP contribution in [0.25, 0.3) is 53.8 Å². The molecule has 7 aromatic carbocycles. The Bertz CT molecular complexity index is 3420. The van der Waals surface area contributed by atoms with Gasteiger partial charge >= 0.3 is 0 Å². The molecule has 272 valence electrons. The van der Waals surface area contributed by atoms with Gasteiger partial charge in [-0.05, 0) is 96.0 Å². The van der Waals surface area contributed by atoms with Gasteiger partial charge in [0.1, 0.15) is 11.2 Å². The van der Waals surface area contributed by atoms with Gasteiger partial charge in [0.25, 0.3) is 13.4 Å². The minimum atomic E-state index is -0.204. The first kappa shape index (κ1) is 32.2. The minimum absolute atomic E-state index is 0.181. The van der Waals surface area contributed by atoms with Crippen molar-refractivity contribution in [3.63, 3.8) is 0 Å². The molecule has 0 aliphatic carbocycles. The maximum atomic E-state index is 7.22. The molecule has 0 N–H and O–H groups in total. The summed E-state index contributed by atoms with van der Waals surface area (Å²) >= 11 is 1.77. The molecule has 0 bridgehead atoms. The molecule has 0 saturated carbocycles. The van der Waals surface area contributed by atoms with E-state index in [0.717, 1.165) is 68.4 Å². The highest BCUT2D eigenvalue weighted by Crippen LogP contribution is 2.50. The SMILES string of the molecule is CCn1c2ccccc2c2ccc(B3c4oc5ccc6sccc6c5c4B(c4ccc(N5c6ccccc6Oc6ccccc65)cc4)c4oc5ccccc5c43)cc21. The summed E-state index contributed by atoms with van der Waals surface area (Å²) in [6, 6.07) is 56.4. The number of aromatic nitrogens is 1. The Morgan fingerprint density at radius 2 is 1.19 bits per heavy atom. The van der Waals surface area contributed by atoms with Gasteiger partial charge in [-0.15, -0.1) is 11.3 Å². The number of thiophene rings is 1. The molecule has 4 aromatic heterocycles. The van der Waals surface area contributed by atoms with Gasteiger partial charge in [-0.2, -0.15) is 0 Å². The van der Waals surface area contributed by atoms with E-state index in [1.165, 1.54) is 53.7 Å².